The normalized spacial score (nSPS) is 10.0. The highest BCUT2D eigenvalue weighted by Crippen LogP contribution is 2.21. The Kier molecular flexibility index (Phi) is 5.33. The lowest BCUT2D eigenvalue weighted by Gasteiger charge is -2.22. The second kappa shape index (κ2) is 6.78. The lowest BCUT2D eigenvalue weighted by Crippen LogP contribution is -2.22. The minimum Gasteiger partial charge on any atom is -0.399 e. The number of nitrogen functional groups attached to an aromatic ring is 1. The van der Waals surface area contributed by atoms with Crippen molar-refractivity contribution in [3.05, 3.63) is 23.8 Å². The van der Waals surface area contributed by atoms with Crippen molar-refractivity contribution in [3.63, 3.8) is 0 Å². The van der Waals surface area contributed by atoms with Crippen molar-refractivity contribution in [2.75, 3.05) is 30.3 Å². The lowest BCUT2D eigenvalue weighted by molar-refractivity contribution is -0.109. The number of nitrogens with two attached hydrogens (primary N) is 1. The Hall–Kier alpha value is -1.71. The largest absolute Gasteiger partial charge is 0.399 e. The van der Waals surface area contributed by atoms with Crippen molar-refractivity contribution in [1.82, 2.24) is 5.32 Å². The molecule has 94 valence electrons. The third-order valence-corrected chi connectivity index (χ3v) is 2.88. The molecule has 0 aliphatic heterocycles. The van der Waals surface area contributed by atoms with Crippen molar-refractivity contribution in [3.8, 4) is 0 Å². The van der Waals surface area contributed by atoms with Gasteiger partial charge in [-0.05, 0) is 44.0 Å². The van der Waals surface area contributed by atoms with E-state index >= 15 is 0 Å². The van der Waals surface area contributed by atoms with Crippen LogP contribution in [0.15, 0.2) is 18.2 Å². The zero-order chi connectivity index (χ0) is 12.7. The first-order valence-electron chi connectivity index (χ1n) is 6.03. The third-order valence-electron chi connectivity index (χ3n) is 2.88. The van der Waals surface area contributed by atoms with Crippen LogP contribution in [0.1, 0.15) is 19.4 Å². The van der Waals surface area contributed by atoms with Crippen LogP contribution in [0.5, 0.6) is 0 Å². The third kappa shape index (κ3) is 3.66. The van der Waals surface area contributed by atoms with E-state index in [0.717, 1.165) is 30.8 Å². The number of benzene rings is 1. The van der Waals surface area contributed by atoms with Crippen LogP contribution in [-0.4, -0.2) is 26.0 Å². The molecule has 0 bridgehead atoms. The maximum absolute atomic E-state index is 10.2. The fraction of sp³-hybridized carbons (Fsp3) is 0.462. The second-order valence-corrected chi connectivity index (χ2v) is 3.88. The number of anilines is 2. The molecule has 17 heavy (non-hydrogen) atoms. The molecule has 1 aromatic rings. The first kappa shape index (κ1) is 13.4. The number of carbonyl (C=O) groups excluding carboxylic acids is 1. The van der Waals surface area contributed by atoms with Gasteiger partial charge in [0.1, 0.15) is 0 Å². The molecule has 0 aliphatic rings. The topological polar surface area (TPSA) is 58.4 Å². The Morgan fingerprint density at radius 1 is 1.35 bits per heavy atom. The Labute approximate surface area is 103 Å². The van der Waals surface area contributed by atoms with Crippen molar-refractivity contribution in [2.45, 2.75) is 20.3 Å². The predicted octanol–water partition coefficient (Wildman–Crippen LogP) is 1.40. The minimum absolute atomic E-state index is 0.620. The summed E-state index contributed by atoms with van der Waals surface area (Å²) < 4.78 is 0. The number of hydrogen-bond acceptors (Lipinski definition) is 3. The number of hydrogen-bond donors (Lipinski definition) is 2. The Bertz CT molecular complexity index is 362. The monoisotopic (exact) mass is 235 g/mol. The molecule has 0 saturated heterocycles. The summed E-state index contributed by atoms with van der Waals surface area (Å²) in [5.74, 6) is 0. The van der Waals surface area contributed by atoms with Crippen molar-refractivity contribution < 1.29 is 4.79 Å². The molecule has 0 radical (unpaired) electrons. The summed E-state index contributed by atoms with van der Waals surface area (Å²) in [4.78, 5) is 12.5. The zero-order valence-electron chi connectivity index (χ0n) is 10.6. The average molecular weight is 235 g/mol. The fourth-order valence-corrected chi connectivity index (χ4v) is 1.86. The molecule has 3 N–H and O–H groups in total. The molecule has 0 fully saturated rings. The standard InChI is InChI=1S/C13H21N3O/c1-3-16(4-2)12-5-6-13(14)11(9-12)7-8-15-10-17/h5-6,9-10H,3-4,7-8,14H2,1-2H3,(H,15,17). The molecule has 0 unspecified atom stereocenters. The van der Waals surface area contributed by atoms with Crippen molar-refractivity contribution >= 4 is 17.8 Å². The van der Waals surface area contributed by atoms with E-state index < -0.39 is 0 Å². The molecule has 0 saturated carbocycles. The maximum Gasteiger partial charge on any atom is 0.207 e. The Morgan fingerprint density at radius 3 is 2.65 bits per heavy atom. The van der Waals surface area contributed by atoms with Crippen LogP contribution in [0, 0.1) is 0 Å². The zero-order valence-corrected chi connectivity index (χ0v) is 10.6. The van der Waals surface area contributed by atoms with Gasteiger partial charge in [0.25, 0.3) is 0 Å². The van der Waals surface area contributed by atoms with Gasteiger partial charge in [0.15, 0.2) is 0 Å². The van der Waals surface area contributed by atoms with Crippen LogP contribution in [0.25, 0.3) is 0 Å². The smallest absolute Gasteiger partial charge is 0.207 e. The number of amides is 1. The highest BCUT2D eigenvalue weighted by Gasteiger charge is 2.05. The molecule has 0 aromatic heterocycles. The molecular formula is C13H21N3O. The Morgan fingerprint density at radius 2 is 2.06 bits per heavy atom. The van der Waals surface area contributed by atoms with E-state index in [-0.39, 0.29) is 0 Å². The van der Waals surface area contributed by atoms with Crippen LogP contribution in [0.3, 0.4) is 0 Å². The Balaban J connectivity index is 2.81. The number of carbonyl (C=O) groups is 1. The minimum atomic E-state index is 0.620. The van der Waals surface area contributed by atoms with Gasteiger partial charge in [0, 0.05) is 31.0 Å². The molecular weight excluding hydrogens is 214 g/mol. The van der Waals surface area contributed by atoms with Crippen LogP contribution in [-0.2, 0) is 11.2 Å². The molecule has 1 rings (SSSR count). The molecule has 1 amide bonds. The quantitative estimate of drug-likeness (QED) is 0.427. The summed E-state index contributed by atoms with van der Waals surface area (Å²) in [6.45, 7) is 6.84. The molecule has 4 nitrogen and oxygen atoms in total. The first-order valence-corrected chi connectivity index (χ1v) is 6.03. The SMILES string of the molecule is CCN(CC)c1ccc(N)c(CCNC=O)c1. The average Bonchev–Trinajstić information content (AvgIpc) is 2.34. The van der Waals surface area contributed by atoms with Crippen LogP contribution >= 0.6 is 0 Å². The van der Waals surface area contributed by atoms with E-state index in [1.54, 1.807) is 0 Å². The van der Waals surface area contributed by atoms with Gasteiger partial charge in [-0.25, -0.2) is 0 Å². The van der Waals surface area contributed by atoms with Crippen molar-refractivity contribution in [1.29, 1.82) is 0 Å². The van der Waals surface area contributed by atoms with E-state index in [2.05, 4.69) is 30.1 Å². The van der Waals surface area contributed by atoms with E-state index in [0.29, 0.717) is 13.0 Å². The van der Waals surface area contributed by atoms with Gasteiger partial charge in [-0.2, -0.15) is 0 Å². The molecule has 0 heterocycles. The van der Waals surface area contributed by atoms with Gasteiger partial charge in [0.05, 0.1) is 0 Å². The van der Waals surface area contributed by atoms with Crippen LogP contribution < -0.4 is 16.0 Å². The first-order chi connectivity index (χ1) is 8.22. The molecule has 0 atom stereocenters. The van der Waals surface area contributed by atoms with E-state index in [9.17, 15) is 4.79 Å². The highest BCUT2D eigenvalue weighted by molar-refractivity contribution is 5.58. The molecule has 0 spiro atoms. The van der Waals surface area contributed by atoms with Gasteiger partial charge >= 0.3 is 0 Å². The fourth-order valence-electron chi connectivity index (χ4n) is 1.86. The van der Waals surface area contributed by atoms with Gasteiger partial charge in [-0.1, -0.05) is 0 Å². The summed E-state index contributed by atoms with van der Waals surface area (Å²) in [5, 5.41) is 2.65. The van der Waals surface area contributed by atoms with E-state index in [1.165, 1.54) is 5.69 Å². The predicted molar refractivity (Wildman–Crippen MR) is 72.2 cm³/mol. The molecule has 1 aromatic carbocycles. The van der Waals surface area contributed by atoms with E-state index in [1.807, 2.05) is 12.1 Å². The number of rotatable bonds is 7. The summed E-state index contributed by atoms with van der Waals surface area (Å²) in [7, 11) is 0. The van der Waals surface area contributed by atoms with Crippen molar-refractivity contribution in [2.24, 2.45) is 0 Å². The van der Waals surface area contributed by atoms with Gasteiger partial charge in [-0.15, -0.1) is 0 Å². The van der Waals surface area contributed by atoms with Crippen LogP contribution in [0.2, 0.25) is 0 Å². The summed E-state index contributed by atoms with van der Waals surface area (Å²) >= 11 is 0. The summed E-state index contributed by atoms with van der Waals surface area (Å²) in [6.07, 6.45) is 1.48. The van der Waals surface area contributed by atoms with E-state index in [4.69, 9.17) is 5.73 Å². The maximum atomic E-state index is 10.2. The van der Waals surface area contributed by atoms with Gasteiger partial charge < -0.3 is 16.0 Å². The van der Waals surface area contributed by atoms with Gasteiger partial charge in [0.2, 0.25) is 6.41 Å². The second-order valence-electron chi connectivity index (χ2n) is 3.88. The molecule has 4 heteroatoms. The summed E-state index contributed by atoms with van der Waals surface area (Å²) in [5.41, 5.74) is 8.98. The van der Waals surface area contributed by atoms with Crippen LogP contribution in [0.4, 0.5) is 11.4 Å². The molecule has 0 aliphatic carbocycles. The van der Waals surface area contributed by atoms with Gasteiger partial charge in [-0.3, -0.25) is 4.79 Å². The highest BCUT2D eigenvalue weighted by atomic mass is 16.1. The number of nitrogens with zero attached hydrogens (tertiary/aromatic N) is 1. The number of nitrogens with one attached hydrogen (secondary N) is 1. The summed E-state index contributed by atoms with van der Waals surface area (Å²) in [6, 6.07) is 6.08. The lowest BCUT2D eigenvalue weighted by atomic mass is 10.1.